The van der Waals surface area contributed by atoms with Crippen molar-refractivity contribution in [2.75, 3.05) is 0 Å². The zero-order valence-corrected chi connectivity index (χ0v) is 28.1. The van der Waals surface area contributed by atoms with Crippen molar-refractivity contribution < 1.29 is 9.53 Å². The van der Waals surface area contributed by atoms with Crippen LogP contribution >= 0.6 is 0 Å². The van der Waals surface area contributed by atoms with Gasteiger partial charge in [-0.25, -0.2) is 4.79 Å². The second kappa shape index (κ2) is 11.8. The molecule has 0 spiro atoms. The van der Waals surface area contributed by atoms with E-state index in [1.165, 1.54) is 81.4 Å². The Morgan fingerprint density at radius 1 is 0.818 bits per heavy atom. The second-order valence-electron chi connectivity index (χ2n) is 16.6. The Balaban J connectivity index is 1.13. The predicted molar refractivity (Wildman–Crippen MR) is 184 cm³/mol. The minimum absolute atomic E-state index is 0.0220. The normalized spacial score (nSPS) is 35.7. The van der Waals surface area contributed by atoms with Gasteiger partial charge in [0.15, 0.2) is 0 Å². The molecule has 0 bridgehead atoms. The molecule has 0 aliphatic heterocycles. The fourth-order valence-corrected chi connectivity index (χ4v) is 11.8. The molecule has 0 aromatic heterocycles. The quantitative estimate of drug-likeness (QED) is 0.201. The van der Waals surface area contributed by atoms with Crippen LogP contribution in [0.4, 0.5) is 0 Å². The topological polar surface area (TPSA) is 26.3 Å². The molecule has 0 radical (unpaired) electrons. The molecular formula is C42H56O2. The van der Waals surface area contributed by atoms with Crippen LogP contribution in [0.25, 0.3) is 21.5 Å². The Morgan fingerprint density at radius 3 is 2.39 bits per heavy atom. The van der Waals surface area contributed by atoms with Gasteiger partial charge in [-0.15, -0.1) is 0 Å². The van der Waals surface area contributed by atoms with E-state index in [2.05, 4.69) is 77.1 Å². The van der Waals surface area contributed by atoms with Crippen molar-refractivity contribution in [3.63, 3.8) is 0 Å². The number of carbonyl (C=O) groups excluding carboxylic acids is 1. The summed E-state index contributed by atoms with van der Waals surface area (Å²) in [5, 5.41) is 4.52. The summed E-state index contributed by atoms with van der Waals surface area (Å²) >= 11 is 0. The molecule has 2 heteroatoms. The Kier molecular flexibility index (Phi) is 8.12. The molecule has 0 saturated heterocycles. The number of fused-ring (bicyclic) bond motifs is 7. The Hall–Kier alpha value is -2.35. The molecule has 9 atom stereocenters. The summed E-state index contributed by atoms with van der Waals surface area (Å²) in [6.07, 6.45) is 16.0. The Morgan fingerprint density at radius 2 is 1.59 bits per heavy atom. The maximum absolute atomic E-state index is 14.1. The van der Waals surface area contributed by atoms with Crippen molar-refractivity contribution in [1.29, 1.82) is 0 Å². The number of carbonyl (C=O) groups is 1. The van der Waals surface area contributed by atoms with E-state index in [1.54, 1.807) is 0 Å². The molecule has 2 nitrogen and oxygen atoms in total. The fourth-order valence-electron chi connectivity index (χ4n) is 11.8. The van der Waals surface area contributed by atoms with Crippen LogP contribution in [0, 0.1) is 52.3 Å². The first-order chi connectivity index (χ1) is 21.2. The van der Waals surface area contributed by atoms with Crippen LogP contribution < -0.4 is 0 Å². The first-order valence-corrected chi connectivity index (χ1v) is 18.3. The molecule has 7 rings (SSSR count). The highest BCUT2D eigenvalue weighted by Crippen LogP contribution is 2.68. The van der Waals surface area contributed by atoms with Crippen LogP contribution in [0.3, 0.4) is 0 Å². The molecule has 44 heavy (non-hydrogen) atoms. The molecule has 4 aliphatic rings. The lowest BCUT2D eigenvalue weighted by Crippen LogP contribution is -2.58. The van der Waals surface area contributed by atoms with E-state index in [1.807, 2.05) is 12.1 Å². The third kappa shape index (κ3) is 5.02. The lowest BCUT2D eigenvalue weighted by Gasteiger charge is -2.62. The zero-order valence-electron chi connectivity index (χ0n) is 28.1. The van der Waals surface area contributed by atoms with Gasteiger partial charge in [-0.1, -0.05) is 90.3 Å². The van der Waals surface area contributed by atoms with Gasteiger partial charge in [0.05, 0.1) is 5.56 Å². The maximum Gasteiger partial charge on any atom is 0.339 e. The summed E-state index contributed by atoms with van der Waals surface area (Å²) in [6, 6.07) is 19.0. The second-order valence-corrected chi connectivity index (χ2v) is 16.6. The fraction of sp³-hybridized carbons (Fsp3) is 0.643. The van der Waals surface area contributed by atoms with E-state index in [4.69, 9.17) is 4.74 Å². The van der Waals surface area contributed by atoms with Crippen LogP contribution in [0.2, 0.25) is 0 Å². The Bertz CT molecular complexity index is 1500. The number of benzene rings is 3. The summed E-state index contributed by atoms with van der Waals surface area (Å²) < 4.78 is 6.74. The van der Waals surface area contributed by atoms with Crippen LogP contribution in [-0.4, -0.2) is 12.1 Å². The lowest BCUT2D eigenvalue weighted by molar-refractivity contribution is -0.166. The maximum atomic E-state index is 14.1. The van der Waals surface area contributed by atoms with Gasteiger partial charge >= 0.3 is 5.97 Å². The molecular weight excluding hydrogens is 536 g/mol. The summed E-state index contributed by atoms with van der Waals surface area (Å²) in [5.74, 6) is 5.44. The average Bonchev–Trinajstić information content (AvgIpc) is 3.37. The van der Waals surface area contributed by atoms with Crippen molar-refractivity contribution in [2.45, 2.75) is 118 Å². The summed E-state index contributed by atoms with van der Waals surface area (Å²) in [6.45, 7) is 12.6. The third-order valence-corrected chi connectivity index (χ3v) is 14.1. The largest absolute Gasteiger partial charge is 0.458 e. The number of rotatable bonds is 7. The zero-order chi connectivity index (χ0) is 30.6. The SMILES string of the molecule is CC(C)CCC[C@H](C)[C@@H]1CC[C@H]2[C@H]3CC[C@H]4CCCC(OC(=O)c5cccc6cc7ccccc7cc56)[C@]4(C)[C@H]3CC[C@@]21C. The van der Waals surface area contributed by atoms with Crippen molar-refractivity contribution in [3.8, 4) is 0 Å². The van der Waals surface area contributed by atoms with Crippen LogP contribution in [0.5, 0.6) is 0 Å². The van der Waals surface area contributed by atoms with Gasteiger partial charge in [-0.05, 0) is 144 Å². The minimum atomic E-state index is -0.114. The highest BCUT2D eigenvalue weighted by molar-refractivity contribution is 6.09. The van der Waals surface area contributed by atoms with Gasteiger partial charge in [-0.2, -0.15) is 0 Å². The minimum Gasteiger partial charge on any atom is -0.458 e. The first kappa shape index (κ1) is 30.3. The number of hydrogen-bond donors (Lipinski definition) is 0. The van der Waals surface area contributed by atoms with Crippen LogP contribution in [-0.2, 0) is 4.74 Å². The summed E-state index contributed by atoms with van der Waals surface area (Å²) in [4.78, 5) is 14.1. The van der Waals surface area contributed by atoms with Gasteiger partial charge in [-0.3, -0.25) is 0 Å². The molecule has 3 aromatic carbocycles. The van der Waals surface area contributed by atoms with Crippen molar-refractivity contribution in [1.82, 2.24) is 0 Å². The molecule has 4 saturated carbocycles. The first-order valence-electron chi connectivity index (χ1n) is 18.3. The average molecular weight is 593 g/mol. The summed E-state index contributed by atoms with van der Waals surface area (Å²) in [5.41, 5.74) is 1.32. The number of esters is 1. The standard InChI is InChI=1S/C42H56O2/c1-27(2)11-8-12-28(3)36-21-22-37-34-20-19-32-16-10-18-39(42(32,5)38(34)23-24-41(36,37)4)44-40(43)33-17-9-15-31-25-29-13-6-7-14-30(29)26-35(31)33/h6-7,9,13-15,17,25-28,32,34,36-39H,8,10-12,16,18-24H2,1-5H3/t28-,32+,34+,36-,37-,38-,39?,41+,42-/m0/s1. The smallest absolute Gasteiger partial charge is 0.339 e. The molecule has 0 amide bonds. The molecule has 3 aromatic rings. The number of ether oxygens (including phenoxy) is 1. The summed E-state index contributed by atoms with van der Waals surface area (Å²) in [7, 11) is 0. The monoisotopic (exact) mass is 592 g/mol. The van der Waals surface area contributed by atoms with Crippen molar-refractivity contribution >= 4 is 27.5 Å². The van der Waals surface area contributed by atoms with Crippen LogP contribution in [0.15, 0.2) is 54.6 Å². The van der Waals surface area contributed by atoms with Crippen molar-refractivity contribution in [3.05, 3.63) is 60.2 Å². The molecule has 4 aliphatic carbocycles. The van der Waals surface area contributed by atoms with Gasteiger partial charge < -0.3 is 4.74 Å². The molecule has 0 N–H and O–H groups in total. The van der Waals surface area contributed by atoms with E-state index >= 15 is 0 Å². The lowest BCUT2D eigenvalue weighted by atomic mass is 9.44. The van der Waals surface area contributed by atoms with E-state index < -0.39 is 0 Å². The van der Waals surface area contributed by atoms with E-state index in [0.29, 0.717) is 17.3 Å². The molecule has 4 fully saturated rings. The van der Waals surface area contributed by atoms with Crippen molar-refractivity contribution in [2.24, 2.45) is 52.3 Å². The van der Waals surface area contributed by atoms with E-state index in [9.17, 15) is 4.79 Å². The Labute approximate surface area is 266 Å². The van der Waals surface area contributed by atoms with Gasteiger partial charge in [0, 0.05) is 5.41 Å². The van der Waals surface area contributed by atoms with E-state index in [-0.39, 0.29) is 17.5 Å². The molecule has 0 heterocycles. The highest BCUT2D eigenvalue weighted by atomic mass is 16.5. The molecule has 1 unspecified atom stereocenters. The predicted octanol–water partition coefficient (Wildman–Crippen LogP) is 11.6. The van der Waals surface area contributed by atoms with Gasteiger partial charge in [0.2, 0.25) is 0 Å². The highest BCUT2D eigenvalue weighted by Gasteiger charge is 2.62. The molecule has 236 valence electrons. The third-order valence-electron chi connectivity index (χ3n) is 14.1. The van der Waals surface area contributed by atoms with Gasteiger partial charge in [0.1, 0.15) is 6.10 Å². The number of hydrogen-bond acceptors (Lipinski definition) is 2. The van der Waals surface area contributed by atoms with Crippen LogP contribution in [0.1, 0.15) is 122 Å². The van der Waals surface area contributed by atoms with E-state index in [0.717, 1.165) is 52.3 Å². The van der Waals surface area contributed by atoms with Gasteiger partial charge in [0.25, 0.3) is 0 Å².